The van der Waals surface area contributed by atoms with Crippen LogP contribution in [0.25, 0.3) is 0 Å². The molecule has 0 bridgehead atoms. The number of hydrogen-bond acceptors (Lipinski definition) is 7. The van der Waals surface area contributed by atoms with Crippen LogP contribution in [0.5, 0.6) is 0 Å². The number of sulfonamides is 1. The molecule has 0 aliphatic heterocycles. The van der Waals surface area contributed by atoms with Gasteiger partial charge in [-0.2, -0.15) is 4.99 Å². The molecule has 0 aliphatic carbocycles. The Bertz CT molecular complexity index is 657. The second-order valence-corrected chi connectivity index (χ2v) is 6.00. The highest BCUT2D eigenvalue weighted by molar-refractivity contribution is 7.91. The molecular formula is C7H12N6O4S2. The van der Waals surface area contributed by atoms with Gasteiger partial charge >= 0.3 is 0 Å². The minimum absolute atomic E-state index is 0.0519. The van der Waals surface area contributed by atoms with Crippen molar-refractivity contribution in [2.75, 3.05) is 13.1 Å². The van der Waals surface area contributed by atoms with E-state index in [1.807, 2.05) is 0 Å². The van der Waals surface area contributed by atoms with Crippen LogP contribution in [-0.2, 0) is 26.7 Å². The Hall–Kier alpha value is -1.63. The summed E-state index contributed by atoms with van der Waals surface area (Å²) in [6.45, 7) is -0.574. The topological polar surface area (TPSA) is 163 Å². The quantitative estimate of drug-likeness (QED) is 0.525. The smallest absolute Gasteiger partial charge is 0.267 e. The van der Waals surface area contributed by atoms with Crippen LogP contribution in [0.4, 0.5) is 0 Å². The van der Waals surface area contributed by atoms with Gasteiger partial charge in [0.25, 0.3) is 15.9 Å². The Morgan fingerprint density at radius 3 is 2.63 bits per heavy atom. The summed E-state index contributed by atoms with van der Waals surface area (Å²) in [6.07, 6.45) is 0. The summed E-state index contributed by atoms with van der Waals surface area (Å²) < 4.78 is 22.9. The van der Waals surface area contributed by atoms with Crippen LogP contribution in [0.15, 0.2) is 9.33 Å². The summed E-state index contributed by atoms with van der Waals surface area (Å²) in [5.41, 5.74) is 5.04. The van der Waals surface area contributed by atoms with Crippen molar-refractivity contribution in [3.63, 3.8) is 0 Å². The van der Waals surface area contributed by atoms with Crippen LogP contribution >= 0.6 is 11.3 Å². The summed E-state index contributed by atoms with van der Waals surface area (Å²) in [5, 5.41) is 10.7. The largest absolute Gasteiger partial charge is 0.346 e. The van der Waals surface area contributed by atoms with E-state index in [4.69, 9.17) is 10.9 Å². The van der Waals surface area contributed by atoms with Gasteiger partial charge < -0.3 is 11.1 Å². The first-order chi connectivity index (χ1) is 8.74. The molecule has 0 fully saturated rings. The predicted octanol–water partition coefficient (Wildman–Crippen LogP) is -3.37. The maximum absolute atomic E-state index is 11.4. The van der Waals surface area contributed by atoms with Crippen LogP contribution in [0.3, 0.4) is 0 Å². The first-order valence-electron chi connectivity index (χ1n) is 4.85. The molecule has 0 saturated carbocycles. The molecule has 5 N–H and O–H groups in total. The molecule has 0 spiro atoms. The summed E-state index contributed by atoms with van der Waals surface area (Å²) in [5.74, 6) is -1.16. The van der Waals surface area contributed by atoms with Gasteiger partial charge in [0.1, 0.15) is 0 Å². The van der Waals surface area contributed by atoms with E-state index in [2.05, 4.69) is 15.4 Å². The highest BCUT2D eigenvalue weighted by Gasteiger charge is 2.14. The average Bonchev–Trinajstić information content (AvgIpc) is 2.67. The van der Waals surface area contributed by atoms with Gasteiger partial charge in [-0.1, -0.05) is 11.3 Å². The lowest BCUT2D eigenvalue weighted by molar-refractivity contribution is -0.123. The number of nitrogens with one attached hydrogen (secondary N) is 1. The van der Waals surface area contributed by atoms with Gasteiger partial charge in [-0.3, -0.25) is 9.59 Å². The van der Waals surface area contributed by atoms with E-state index >= 15 is 0 Å². The number of hydrogen-bond donors (Lipinski definition) is 3. The van der Waals surface area contributed by atoms with E-state index in [1.54, 1.807) is 0 Å². The molecule has 19 heavy (non-hydrogen) atoms. The van der Waals surface area contributed by atoms with E-state index in [-0.39, 0.29) is 22.2 Å². The van der Waals surface area contributed by atoms with E-state index < -0.39 is 21.8 Å². The third-order valence-corrected chi connectivity index (χ3v) is 4.08. The number of nitrogens with two attached hydrogens (primary N) is 2. The number of nitrogens with zero attached hydrogens (tertiary/aromatic N) is 3. The highest BCUT2D eigenvalue weighted by atomic mass is 32.2. The van der Waals surface area contributed by atoms with Crippen LogP contribution in [0.2, 0.25) is 0 Å². The fourth-order valence-corrected chi connectivity index (χ4v) is 2.50. The van der Waals surface area contributed by atoms with Gasteiger partial charge in [-0.25, -0.2) is 18.2 Å². The molecule has 0 atom stereocenters. The fourth-order valence-electron chi connectivity index (χ4n) is 0.933. The van der Waals surface area contributed by atoms with Crippen molar-refractivity contribution in [2.24, 2.45) is 22.9 Å². The van der Waals surface area contributed by atoms with Crippen LogP contribution in [0.1, 0.15) is 0 Å². The first kappa shape index (κ1) is 15.4. The van der Waals surface area contributed by atoms with Crippen molar-refractivity contribution in [2.45, 2.75) is 4.34 Å². The van der Waals surface area contributed by atoms with Gasteiger partial charge in [-0.15, -0.1) is 5.10 Å². The number of aryl methyl sites for hydroxylation is 1. The van der Waals surface area contributed by atoms with Gasteiger partial charge in [0.2, 0.25) is 15.0 Å². The van der Waals surface area contributed by atoms with Crippen molar-refractivity contribution in [1.82, 2.24) is 15.1 Å². The normalized spacial score (nSPS) is 12.5. The van der Waals surface area contributed by atoms with Gasteiger partial charge in [0, 0.05) is 7.05 Å². The maximum atomic E-state index is 11.4. The molecule has 1 aromatic heterocycles. The van der Waals surface area contributed by atoms with Crippen molar-refractivity contribution in [3.05, 3.63) is 4.80 Å². The third-order valence-electron chi connectivity index (χ3n) is 1.77. The summed E-state index contributed by atoms with van der Waals surface area (Å²) in [4.78, 5) is 25.9. The van der Waals surface area contributed by atoms with Crippen molar-refractivity contribution in [3.8, 4) is 0 Å². The molecule has 1 rings (SSSR count). The van der Waals surface area contributed by atoms with Crippen molar-refractivity contribution in [1.29, 1.82) is 0 Å². The molecule has 106 valence electrons. The van der Waals surface area contributed by atoms with Crippen LogP contribution in [-0.4, -0.2) is 43.1 Å². The molecule has 10 nitrogen and oxygen atoms in total. The third kappa shape index (κ3) is 4.51. The Morgan fingerprint density at radius 2 is 2.16 bits per heavy atom. The molecular weight excluding hydrogens is 296 g/mol. The molecule has 12 heteroatoms. The molecule has 0 aromatic carbocycles. The number of aromatic nitrogens is 2. The Labute approximate surface area is 112 Å². The van der Waals surface area contributed by atoms with E-state index in [0.29, 0.717) is 11.3 Å². The number of amides is 2. The molecule has 0 radical (unpaired) electrons. The number of primary sulfonamides is 1. The van der Waals surface area contributed by atoms with Gasteiger partial charge in [0.15, 0.2) is 0 Å². The maximum Gasteiger partial charge on any atom is 0.267 e. The summed E-state index contributed by atoms with van der Waals surface area (Å²) >= 11 is 0.649. The van der Waals surface area contributed by atoms with E-state index in [9.17, 15) is 18.0 Å². The number of carbonyl (C=O) groups excluding carboxylic acids is 2. The Kier molecular flexibility index (Phi) is 4.88. The zero-order chi connectivity index (χ0) is 14.6. The second kappa shape index (κ2) is 6.01. The average molecular weight is 308 g/mol. The molecule has 0 unspecified atom stereocenters. The number of rotatable bonds is 4. The lowest BCUT2D eigenvalue weighted by atomic mass is 10.5. The first-order valence-corrected chi connectivity index (χ1v) is 7.21. The van der Waals surface area contributed by atoms with Crippen LogP contribution < -0.4 is 21.0 Å². The Morgan fingerprint density at radius 1 is 1.53 bits per heavy atom. The van der Waals surface area contributed by atoms with E-state index in [1.165, 1.54) is 7.05 Å². The molecule has 0 aliphatic rings. The zero-order valence-electron chi connectivity index (χ0n) is 9.86. The Balaban J connectivity index is 2.91. The molecule has 0 saturated heterocycles. The number of carbonyl (C=O) groups is 2. The standard InChI is InChI=1S/C7H12N6O4S2/c1-13-6(18-7(12-13)19(9,16)17)11-5(15)3-10-4(14)2-8/h2-3,8H2,1H3,(H,10,14)(H2,9,16,17). The van der Waals surface area contributed by atoms with E-state index in [0.717, 1.165) is 4.68 Å². The van der Waals surface area contributed by atoms with Gasteiger partial charge in [-0.05, 0) is 0 Å². The summed E-state index contributed by atoms with van der Waals surface area (Å²) in [7, 11) is -2.53. The SMILES string of the molecule is Cn1nc(S(N)(=O)=O)sc1=NC(=O)CNC(=O)CN. The minimum Gasteiger partial charge on any atom is -0.346 e. The zero-order valence-corrected chi connectivity index (χ0v) is 11.5. The minimum atomic E-state index is -3.94. The molecule has 1 heterocycles. The predicted molar refractivity (Wildman–Crippen MR) is 65.1 cm³/mol. The lowest BCUT2D eigenvalue weighted by Crippen LogP contribution is -2.34. The second-order valence-electron chi connectivity index (χ2n) is 3.31. The fraction of sp³-hybridized carbons (Fsp3) is 0.429. The lowest BCUT2D eigenvalue weighted by Gasteiger charge is -1.97. The molecule has 1 aromatic rings. The molecule has 2 amide bonds. The van der Waals surface area contributed by atoms with Crippen molar-refractivity contribution < 1.29 is 18.0 Å². The van der Waals surface area contributed by atoms with Crippen molar-refractivity contribution >= 4 is 33.2 Å². The highest BCUT2D eigenvalue weighted by Crippen LogP contribution is 2.03. The van der Waals surface area contributed by atoms with Crippen LogP contribution in [0, 0.1) is 0 Å². The summed E-state index contributed by atoms with van der Waals surface area (Å²) in [6, 6.07) is 0. The van der Waals surface area contributed by atoms with Gasteiger partial charge in [0.05, 0.1) is 13.1 Å². The monoisotopic (exact) mass is 308 g/mol.